The molecule has 0 aromatic rings. The van der Waals surface area contributed by atoms with Crippen molar-refractivity contribution in [3.05, 3.63) is 0 Å². The number of nitrogens with one attached hydrogen (secondary N) is 1. The third-order valence-corrected chi connectivity index (χ3v) is 7.20. The lowest BCUT2D eigenvalue weighted by atomic mass is 10.1. The summed E-state index contributed by atoms with van der Waals surface area (Å²) < 4.78 is 5.95. The molecule has 0 bridgehead atoms. The molecule has 0 saturated carbocycles. The van der Waals surface area contributed by atoms with E-state index < -0.39 is 26.4 Å². The molecule has 2 atom stereocenters. The van der Waals surface area contributed by atoms with Crippen LogP contribution in [0.15, 0.2) is 0 Å². The highest BCUT2D eigenvalue weighted by Crippen LogP contribution is 2.23. The van der Waals surface area contributed by atoms with Crippen molar-refractivity contribution >= 4 is 20.2 Å². The van der Waals surface area contributed by atoms with Crippen LogP contribution >= 0.6 is 0 Å². The second kappa shape index (κ2) is 7.05. The van der Waals surface area contributed by atoms with Crippen LogP contribution in [0.5, 0.6) is 0 Å². The minimum Gasteiger partial charge on any atom is -0.480 e. The van der Waals surface area contributed by atoms with E-state index in [0.717, 1.165) is 0 Å². The molecule has 6 heteroatoms. The van der Waals surface area contributed by atoms with E-state index >= 15 is 0 Å². The van der Waals surface area contributed by atoms with Crippen molar-refractivity contribution in [1.29, 1.82) is 0 Å². The Morgan fingerprint density at radius 2 is 1.58 bits per heavy atom. The summed E-state index contributed by atoms with van der Waals surface area (Å²) in [5.41, 5.74) is 0.380. The zero-order valence-corrected chi connectivity index (χ0v) is 14.0. The summed E-state index contributed by atoms with van der Waals surface area (Å²) in [6.07, 6.45) is -0.538. The predicted molar refractivity (Wildman–Crippen MR) is 77.5 cm³/mol. The van der Waals surface area contributed by atoms with E-state index in [-0.39, 0.29) is 11.8 Å². The number of hydrogen-bond donors (Lipinski definition) is 2. The van der Waals surface area contributed by atoms with Crippen LogP contribution in [-0.4, -0.2) is 37.4 Å². The van der Waals surface area contributed by atoms with Crippen molar-refractivity contribution in [2.24, 2.45) is 5.92 Å². The normalized spacial score (nSPS) is 15.4. The van der Waals surface area contributed by atoms with Crippen molar-refractivity contribution in [2.75, 3.05) is 0 Å². The lowest BCUT2D eigenvalue weighted by Gasteiger charge is -2.33. The second-order valence-electron chi connectivity index (χ2n) is 6.06. The van der Waals surface area contributed by atoms with Crippen LogP contribution in [0.4, 0.5) is 0 Å². The van der Waals surface area contributed by atoms with E-state index in [1.54, 1.807) is 20.8 Å². The van der Waals surface area contributed by atoms with Crippen LogP contribution in [0.3, 0.4) is 0 Å². The standard InChI is InChI=1S/C13H27NO4Si/c1-8(2)12(15)14-11(13(16)17)10(5)18-19(6,7)9(3)4/h8-11H,1-7H3,(H,14,15)(H,16,17)/t10-,11+/m1/s1. The average Bonchev–Trinajstić information content (AvgIpc) is 2.23. The monoisotopic (exact) mass is 289 g/mol. The summed E-state index contributed by atoms with van der Waals surface area (Å²) in [6, 6.07) is -1.000. The van der Waals surface area contributed by atoms with Crippen LogP contribution in [0, 0.1) is 5.92 Å². The quantitative estimate of drug-likeness (QED) is 0.705. The summed E-state index contributed by atoms with van der Waals surface area (Å²) in [5, 5.41) is 11.8. The topological polar surface area (TPSA) is 75.6 Å². The molecule has 19 heavy (non-hydrogen) atoms. The first-order valence-electron chi connectivity index (χ1n) is 6.70. The van der Waals surface area contributed by atoms with Crippen LogP contribution in [0.2, 0.25) is 18.6 Å². The van der Waals surface area contributed by atoms with Crippen molar-refractivity contribution < 1.29 is 19.1 Å². The fourth-order valence-electron chi connectivity index (χ4n) is 1.38. The molecule has 0 aromatic carbocycles. The Kier molecular flexibility index (Phi) is 6.72. The third kappa shape index (κ3) is 5.73. The van der Waals surface area contributed by atoms with Gasteiger partial charge in [0.2, 0.25) is 5.91 Å². The van der Waals surface area contributed by atoms with Crippen molar-refractivity contribution in [3.8, 4) is 0 Å². The highest BCUT2D eigenvalue weighted by atomic mass is 28.4. The van der Waals surface area contributed by atoms with Gasteiger partial charge in [0.1, 0.15) is 0 Å². The summed E-state index contributed by atoms with van der Waals surface area (Å²) in [5.74, 6) is -1.58. The Morgan fingerprint density at radius 1 is 1.11 bits per heavy atom. The fraction of sp³-hybridized carbons (Fsp3) is 0.846. The molecule has 1 amide bonds. The average molecular weight is 289 g/mol. The van der Waals surface area contributed by atoms with E-state index in [2.05, 4.69) is 32.3 Å². The van der Waals surface area contributed by atoms with Crippen molar-refractivity contribution in [1.82, 2.24) is 5.32 Å². The largest absolute Gasteiger partial charge is 0.480 e. The van der Waals surface area contributed by atoms with Gasteiger partial charge in [-0.05, 0) is 25.6 Å². The molecular weight excluding hydrogens is 262 g/mol. The second-order valence-corrected chi connectivity index (χ2v) is 10.7. The highest BCUT2D eigenvalue weighted by molar-refractivity contribution is 6.72. The van der Waals surface area contributed by atoms with Gasteiger partial charge in [0, 0.05) is 5.92 Å². The molecule has 5 nitrogen and oxygen atoms in total. The molecule has 0 heterocycles. The SMILES string of the molecule is CC(C)C(=O)N[C@H](C(=O)O)[C@@H](C)O[Si](C)(C)C(C)C. The summed E-state index contributed by atoms with van der Waals surface area (Å²) in [7, 11) is -1.95. The van der Waals surface area contributed by atoms with Gasteiger partial charge in [0.15, 0.2) is 14.4 Å². The zero-order valence-electron chi connectivity index (χ0n) is 13.0. The van der Waals surface area contributed by atoms with Gasteiger partial charge < -0.3 is 14.8 Å². The fourth-order valence-corrected chi connectivity index (χ4v) is 2.75. The lowest BCUT2D eigenvalue weighted by Crippen LogP contribution is -2.53. The molecule has 0 radical (unpaired) electrons. The molecule has 112 valence electrons. The number of carboxylic acid groups (broad SMARTS) is 1. The van der Waals surface area contributed by atoms with E-state index in [4.69, 9.17) is 4.43 Å². The Hall–Kier alpha value is -0.883. The van der Waals surface area contributed by atoms with Gasteiger partial charge in [-0.2, -0.15) is 0 Å². The number of amides is 1. The van der Waals surface area contributed by atoms with Crippen LogP contribution in [0.25, 0.3) is 0 Å². The highest BCUT2D eigenvalue weighted by Gasteiger charge is 2.35. The Bertz CT molecular complexity index is 329. The van der Waals surface area contributed by atoms with E-state index in [1.165, 1.54) is 0 Å². The van der Waals surface area contributed by atoms with Crippen molar-refractivity contribution in [2.45, 2.75) is 65.4 Å². The van der Waals surface area contributed by atoms with Gasteiger partial charge in [-0.1, -0.05) is 27.7 Å². The Morgan fingerprint density at radius 3 is 1.89 bits per heavy atom. The van der Waals surface area contributed by atoms with E-state index in [9.17, 15) is 14.7 Å². The Labute approximate surface area is 116 Å². The molecule has 0 aromatic heterocycles. The van der Waals surface area contributed by atoms with Gasteiger partial charge in [0.25, 0.3) is 0 Å². The molecule has 0 spiro atoms. The van der Waals surface area contributed by atoms with E-state index in [0.29, 0.717) is 5.54 Å². The van der Waals surface area contributed by atoms with Gasteiger partial charge >= 0.3 is 5.97 Å². The predicted octanol–water partition coefficient (Wildman–Crippen LogP) is 2.23. The van der Waals surface area contributed by atoms with Gasteiger partial charge in [0.05, 0.1) is 6.10 Å². The molecule has 0 fully saturated rings. The number of carboxylic acids is 1. The maximum Gasteiger partial charge on any atom is 0.328 e. The first kappa shape index (κ1) is 18.1. The summed E-state index contributed by atoms with van der Waals surface area (Å²) in [6.45, 7) is 13.4. The van der Waals surface area contributed by atoms with Crippen LogP contribution < -0.4 is 5.32 Å². The third-order valence-electron chi connectivity index (χ3n) is 3.44. The number of carbonyl (C=O) groups is 2. The minimum absolute atomic E-state index is 0.246. The first-order chi connectivity index (χ1) is 8.49. The molecule has 0 aliphatic rings. The molecule has 0 aliphatic carbocycles. The molecule has 0 unspecified atom stereocenters. The van der Waals surface area contributed by atoms with Crippen LogP contribution in [-0.2, 0) is 14.0 Å². The van der Waals surface area contributed by atoms with Gasteiger partial charge in [-0.25, -0.2) is 4.79 Å². The van der Waals surface area contributed by atoms with Crippen LogP contribution in [0.1, 0.15) is 34.6 Å². The molecule has 2 N–H and O–H groups in total. The lowest BCUT2D eigenvalue weighted by molar-refractivity contribution is -0.144. The molecular formula is C13H27NO4Si. The minimum atomic E-state index is -1.95. The number of rotatable bonds is 7. The maximum absolute atomic E-state index is 11.6. The zero-order chi connectivity index (χ0) is 15.4. The number of carbonyl (C=O) groups excluding carboxylic acids is 1. The first-order valence-corrected chi connectivity index (χ1v) is 9.68. The summed E-state index contributed by atoms with van der Waals surface area (Å²) >= 11 is 0. The molecule has 0 aliphatic heterocycles. The molecule has 0 rings (SSSR count). The van der Waals surface area contributed by atoms with Gasteiger partial charge in [-0.15, -0.1) is 0 Å². The maximum atomic E-state index is 11.6. The van der Waals surface area contributed by atoms with Crippen molar-refractivity contribution in [3.63, 3.8) is 0 Å². The smallest absolute Gasteiger partial charge is 0.328 e. The van der Waals surface area contributed by atoms with Gasteiger partial charge in [-0.3, -0.25) is 4.79 Å². The molecule has 0 saturated heterocycles. The number of aliphatic carboxylic acids is 1. The number of hydrogen-bond acceptors (Lipinski definition) is 3. The summed E-state index contributed by atoms with van der Waals surface area (Å²) in [4.78, 5) is 22.9. The van der Waals surface area contributed by atoms with E-state index in [1.807, 2.05) is 0 Å². The Balaban J connectivity index is 4.81.